The minimum atomic E-state index is 0.934. The maximum Gasteiger partial charge on any atom is 0.0363 e. The van der Waals surface area contributed by atoms with Gasteiger partial charge in [-0.3, -0.25) is 0 Å². The van der Waals surface area contributed by atoms with Gasteiger partial charge < -0.3 is 4.90 Å². The topological polar surface area (TPSA) is 3.24 Å². The summed E-state index contributed by atoms with van der Waals surface area (Å²) in [6.45, 7) is 3.20. The van der Waals surface area contributed by atoms with Gasteiger partial charge in [-0.2, -0.15) is 0 Å². The highest BCUT2D eigenvalue weighted by molar-refractivity contribution is 9.08. The van der Waals surface area contributed by atoms with E-state index in [1.165, 1.54) is 11.3 Å². The van der Waals surface area contributed by atoms with E-state index >= 15 is 0 Å². The van der Waals surface area contributed by atoms with Crippen LogP contribution in [0.2, 0.25) is 0 Å². The Morgan fingerprint density at radius 1 is 1.25 bits per heavy atom. The van der Waals surface area contributed by atoms with Crippen LogP contribution in [0, 0.1) is 0 Å². The standard InChI is InChI=1S/C10H14BrN/c1-3-12(2)10-6-4-9(8-11)5-7-10/h4-7H,3,8H2,1-2H3. The normalized spacial score (nSPS) is 9.92. The molecule has 0 radical (unpaired) electrons. The number of hydrogen-bond donors (Lipinski definition) is 0. The molecule has 12 heavy (non-hydrogen) atoms. The van der Waals surface area contributed by atoms with E-state index in [1.54, 1.807) is 0 Å². The van der Waals surface area contributed by atoms with E-state index in [-0.39, 0.29) is 0 Å². The molecule has 0 unspecified atom stereocenters. The van der Waals surface area contributed by atoms with Crippen molar-refractivity contribution in [2.45, 2.75) is 12.3 Å². The van der Waals surface area contributed by atoms with Crippen LogP contribution in [-0.4, -0.2) is 13.6 Å². The highest BCUT2D eigenvalue weighted by atomic mass is 79.9. The lowest BCUT2D eigenvalue weighted by molar-refractivity contribution is 0.967. The van der Waals surface area contributed by atoms with Gasteiger partial charge in [-0.1, -0.05) is 28.1 Å². The first-order chi connectivity index (χ1) is 5.77. The number of hydrogen-bond acceptors (Lipinski definition) is 1. The van der Waals surface area contributed by atoms with Crippen LogP contribution >= 0.6 is 15.9 Å². The molecule has 1 aromatic carbocycles. The van der Waals surface area contributed by atoms with E-state index in [1.807, 2.05) is 0 Å². The Bertz CT molecular complexity index is 230. The van der Waals surface area contributed by atoms with E-state index in [4.69, 9.17) is 0 Å². The Kier molecular flexibility index (Phi) is 3.60. The Labute approximate surface area is 82.5 Å². The molecule has 0 amide bonds. The third-order valence-electron chi connectivity index (χ3n) is 2.01. The van der Waals surface area contributed by atoms with Gasteiger partial charge >= 0.3 is 0 Å². The van der Waals surface area contributed by atoms with Crippen molar-refractivity contribution in [3.63, 3.8) is 0 Å². The van der Waals surface area contributed by atoms with Gasteiger partial charge in [0, 0.05) is 24.6 Å². The molecule has 0 aliphatic carbocycles. The van der Waals surface area contributed by atoms with Crippen LogP contribution in [-0.2, 0) is 5.33 Å². The minimum absolute atomic E-state index is 0.934. The summed E-state index contributed by atoms with van der Waals surface area (Å²) in [6.07, 6.45) is 0. The fraction of sp³-hybridized carbons (Fsp3) is 0.400. The van der Waals surface area contributed by atoms with Gasteiger partial charge in [0.2, 0.25) is 0 Å². The Balaban J connectivity index is 2.77. The molecule has 0 aliphatic rings. The molecule has 1 rings (SSSR count). The summed E-state index contributed by atoms with van der Waals surface area (Å²) in [6, 6.07) is 8.60. The number of rotatable bonds is 3. The first-order valence-corrected chi connectivity index (χ1v) is 5.26. The predicted octanol–water partition coefficient (Wildman–Crippen LogP) is 3.04. The van der Waals surface area contributed by atoms with Gasteiger partial charge in [-0.15, -0.1) is 0 Å². The summed E-state index contributed by atoms with van der Waals surface area (Å²) < 4.78 is 0. The molecular formula is C10H14BrN. The van der Waals surface area contributed by atoms with Gasteiger partial charge in [0.05, 0.1) is 0 Å². The first kappa shape index (κ1) is 9.59. The number of halogens is 1. The largest absolute Gasteiger partial charge is 0.375 e. The third kappa shape index (κ3) is 2.24. The zero-order chi connectivity index (χ0) is 8.97. The number of alkyl halides is 1. The van der Waals surface area contributed by atoms with Crippen molar-refractivity contribution in [2.24, 2.45) is 0 Å². The second-order valence-electron chi connectivity index (χ2n) is 2.81. The fourth-order valence-electron chi connectivity index (χ4n) is 1.02. The van der Waals surface area contributed by atoms with Gasteiger partial charge in [0.25, 0.3) is 0 Å². The molecule has 2 heteroatoms. The molecule has 0 aliphatic heterocycles. The molecule has 0 heterocycles. The van der Waals surface area contributed by atoms with Crippen LogP contribution in [0.3, 0.4) is 0 Å². The van der Waals surface area contributed by atoms with Crippen molar-refractivity contribution < 1.29 is 0 Å². The molecule has 0 N–H and O–H groups in total. The van der Waals surface area contributed by atoms with Crippen LogP contribution in [0.1, 0.15) is 12.5 Å². The second-order valence-corrected chi connectivity index (χ2v) is 3.37. The Morgan fingerprint density at radius 2 is 1.83 bits per heavy atom. The van der Waals surface area contributed by atoms with Gasteiger partial charge in [0.15, 0.2) is 0 Å². The van der Waals surface area contributed by atoms with Crippen molar-refractivity contribution in [1.82, 2.24) is 0 Å². The highest BCUT2D eigenvalue weighted by Crippen LogP contribution is 2.14. The second kappa shape index (κ2) is 4.51. The average Bonchev–Trinajstić information content (AvgIpc) is 2.17. The van der Waals surface area contributed by atoms with Crippen molar-refractivity contribution in [3.8, 4) is 0 Å². The molecule has 66 valence electrons. The molecule has 0 fully saturated rings. The minimum Gasteiger partial charge on any atom is -0.375 e. The fourth-order valence-corrected chi connectivity index (χ4v) is 1.40. The quantitative estimate of drug-likeness (QED) is 0.718. The molecule has 0 atom stereocenters. The summed E-state index contributed by atoms with van der Waals surface area (Å²) >= 11 is 3.42. The molecular weight excluding hydrogens is 214 g/mol. The Morgan fingerprint density at radius 3 is 2.25 bits per heavy atom. The molecule has 0 bridgehead atoms. The number of anilines is 1. The molecule has 0 aromatic heterocycles. The maximum atomic E-state index is 3.42. The monoisotopic (exact) mass is 227 g/mol. The van der Waals surface area contributed by atoms with E-state index in [9.17, 15) is 0 Å². The van der Waals surface area contributed by atoms with Gasteiger partial charge in [-0.05, 0) is 24.6 Å². The average molecular weight is 228 g/mol. The lowest BCUT2D eigenvalue weighted by atomic mass is 10.2. The number of nitrogens with zero attached hydrogens (tertiary/aromatic N) is 1. The van der Waals surface area contributed by atoms with Crippen molar-refractivity contribution in [3.05, 3.63) is 29.8 Å². The molecule has 0 saturated heterocycles. The van der Waals surface area contributed by atoms with Crippen molar-refractivity contribution in [2.75, 3.05) is 18.5 Å². The summed E-state index contributed by atoms with van der Waals surface area (Å²) in [5, 5.41) is 0.934. The van der Waals surface area contributed by atoms with Crippen molar-refractivity contribution >= 4 is 21.6 Å². The van der Waals surface area contributed by atoms with Gasteiger partial charge in [0.1, 0.15) is 0 Å². The summed E-state index contributed by atoms with van der Waals surface area (Å²) in [7, 11) is 2.10. The molecule has 0 spiro atoms. The summed E-state index contributed by atoms with van der Waals surface area (Å²) in [4.78, 5) is 2.22. The zero-order valence-corrected chi connectivity index (χ0v) is 9.13. The summed E-state index contributed by atoms with van der Waals surface area (Å²) in [5.74, 6) is 0. The SMILES string of the molecule is CCN(C)c1ccc(CBr)cc1. The van der Waals surface area contributed by atoms with Crippen LogP contribution in [0.5, 0.6) is 0 Å². The smallest absolute Gasteiger partial charge is 0.0363 e. The van der Waals surface area contributed by atoms with Crippen LogP contribution in [0.15, 0.2) is 24.3 Å². The predicted molar refractivity (Wildman–Crippen MR) is 58.0 cm³/mol. The summed E-state index contributed by atoms with van der Waals surface area (Å²) in [5.41, 5.74) is 2.60. The highest BCUT2D eigenvalue weighted by Gasteiger charge is 1.96. The maximum absolute atomic E-state index is 3.42. The Hall–Kier alpha value is -0.500. The molecule has 1 nitrogen and oxygen atoms in total. The van der Waals surface area contributed by atoms with Crippen molar-refractivity contribution in [1.29, 1.82) is 0 Å². The first-order valence-electron chi connectivity index (χ1n) is 4.14. The lowest BCUT2D eigenvalue weighted by Gasteiger charge is -2.16. The third-order valence-corrected chi connectivity index (χ3v) is 2.65. The van der Waals surface area contributed by atoms with E-state index in [0.717, 1.165) is 11.9 Å². The van der Waals surface area contributed by atoms with E-state index in [0.29, 0.717) is 0 Å². The lowest BCUT2D eigenvalue weighted by Crippen LogP contribution is -2.15. The van der Waals surface area contributed by atoms with Crippen LogP contribution < -0.4 is 4.90 Å². The van der Waals surface area contributed by atoms with Gasteiger partial charge in [-0.25, -0.2) is 0 Å². The van der Waals surface area contributed by atoms with E-state index in [2.05, 4.69) is 59.1 Å². The van der Waals surface area contributed by atoms with Crippen LogP contribution in [0.4, 0.5) is 5.69 Å². The zero-order valence-electron chi connectivity index (χ0n) is 7.55. The number of benzene rings is 1. The molecule has 1 aromatic rings. The van der Waals surface area contributed by atoms with Crippen LogP contribution in [0.25, 0.3) is 0 Å². The molecule has 0 saturated carbocycles. The van der Waals surface area contributed by atoms with E-state index < -0.39 is 0 Å².